The molecule has 0 radical (unpaired) electrons. The molecule has 1 aromatic heterocycles. The maximum Gasteiger partial charge on any atom is 0.142 e. The zero-order chi connectivity index (χ0) is 12.4. The van der Waals surface area contributed by atoms with E-state index in [1.807, 2.05) is 18.2 Å². The molecule has 0 saturated carbocycles. The quantitative estimate of drug-likeness (QED) is 0.908. The Labute approximate surface area is 111 Å². The summed E-state index contributed by atoms with van der Waals surface area (Å²) in [7, 11) is 0. The van der Waals surface area contributed by atoms with Gasteiger partial charge in [-0.2, -0.15) is 11.3 Å². The Balaban J connectivity index is 1.67. The summed E-state index contributed by atoms with van der Waals surface area (Å²) < 4.78 is 0. The third kappa shape index (κ3) is 2.18. The molecular weight excluding hydrogens is 242 g/mol. The SMILES string of the molecule is O=C(CCc1ccsc1)C1CNc2ccccc21. The molecule has 3 rings (SSSR count). The number of carbonyl (C=O) groups excluding carboxylic acids is 1. The average Bonchev–Trinajstić information content (AvgIpc) is 3.05. The Morgan fingerprint density at radius 1 is 1.33 bits per heavy atom. The second-order valence-corrected chi connectivity index (χ2v) is 5.40. The molecule has 0 saturated heterocycles. The monoisotopic (exact) mass is 257 g/mol. The lowest BCUT2D eigenvalue weighted by Gasteiger charge is -2.08. The van der Waals surface area contributed by atoms with Crippen LogP contribution in [0.15, 0.2) is 41.1 Å². The maximum absolute atomic E-state index is 12.3. The molecule has 1 aliphatic rings. The second kappa shape index (κ2) is 4.94. The zero-order valence-corrected chi connectivity index (χ0v) is 10.9. The van der Waals surface area contributed by atoms with Crippen LogP contribution in [0.5, 0.6) is 0 Å². The van der Waals surface area contributed by atoms with E-state index in [4.69, 9.17) is 0 Å². The van der Waals surface area contributed by atoms with Gasteiger partial charge in [0.1, 0.15) is 5.78 Å². The number of carbonyl (C=O) groups is 1. The van der Waals surface area contributed by atoms with Crippen LogP contribution in [-0.2, 0) is 11.2 Å². The van der Waals surface area contributed by atoms with Crippen LogP contribution in [0.4, 0.5) is 5.69 Å². The molecule has 1 unspecified atom stereocenters. The van der Waals surface area contributed by atoms with Gasteiger partial charge in [-0.15, -0.1) is 0 Å². The Hall–Kier alpha value is -1.61. The van der Waals surface area contributed by atoms with Gasteiger partial charge in [0.2, 0.25) is 0 Å². The van der Waals surface area contributed by atoms with Gasteiger partial charge >= 0.3 is 0 Å². The highest BCUT2D eigenvalue weighted by atomic mass is 32.1. The molecule has 0 amide bonds. The van der Waals surface area contributed by atoms with Gasteiger partial charge in [-0.05, 0) is 40.4 Å². The van der Waals surface area contributed by atoms with Crippen LogP contribution >= 0.6 is 11.3 Å². The fraction of sp³-hybridized carbons (Fsp3) is 0.267. The predicted octanol–water partition coefficient (Wildman–Crippen LogP) is 3.46. The summed E-state index contributed by atoms with van der Waals surface area (Å²) in [6.07, 6.45) is 1.50. The number of benzene rings is 1. The minimum Gasteiger partial charge on any atom is -0.384 e. The van der Waals surface area contributed by atoms with Gasteiger partial charge in [0.15, 0.2) is 0 Å². The van der Waals surface area contributed by atoms with Gasteiger partial charge in [0.05, 0.1) is 5.92 Å². The van der Waals surface area contributed by atoms with Gasteiger partial charge in [0, 0.05) is 18.7 Å². The molecule has 0 bridgehead atoms. The van der Waals surface area contributed by atoms with Crippen molar-refractivity contribution in [3.8, 4) is 0 Å². The normalized spacial score (nSPS) is 17.2. The van der Waals surface area contributed by atoms with Gasteiger partial charge in [-0.25, -0.2) is 0 Å². The van der Waals surface area contributed by atoms with E-state index in [1.165, 1.54) is 5.56 Å². The minimum absolute atomic E-state index is 0.0415. The van der Waals surface area contributed by atoms with E-state index in [2.05, 4.69) is 28.2 Å². The average molecular weight is 257 g/mol. The molecule has 1 aliphatic heterocycles. The molecule has 2 heterocycles. The molecule has 2 aromatic rings. The summed E-state index contributed by atoms with van der Waals surface area (Å²) in [6.45, 7) is 0.752. The van der Waals surface area contributed by atoms with Crippen molar-refractivity contribution in [2.24, 2.45) is 0 Å². The Kier molecular flexibility index (Phi) is 3.15. The van der Waals surface area contributed by atoms with Crippen molar-refractivity contribution in [3.63, 3.8) is 0 Å². The number of rotatable bonds is 4. The highest BCUT2D eigenvalue weighted by molar-refractivity contribution is 7.07. The molecule has 18 heavy (non-hydrogen) atoms. The highest BCUT2D eigenvalue weighted by Crippen LogP contribution is 2.32. The third-order valence-electron chi connectivity index (χ3n) is 3.46. The number of para-hydroxylation sites is 1. The number of anilines is 1. The van der Waals surface area contributed by atoms with E-state index in [-0.39, 0.29) is 5.92 Å². The predicted molar refractivity (Wildman–Crippen MR) is 75.3 cm³/mol. The Bertz CT molecular complexity index is 547. The highest BCUT2D eigenvalue weighted by Gasteiger charge is 2.27. The maximum atomic E-state index is 12.3. The van der Waals surface area contributed by atoms with E-state index in [0.29, 0.717) is 12.2 Å². The van der Waals surface area contributed by atoms with Gasteiger partial charge < -0.3 is 5.32 Å². The second-order valence-electron chi connectivity index (χ2n) is 4.62. The molecule has 1 atom stereocenters. The molecule has 1 N–H and O–H groups in total. The lowest BCUT2D eigenvalue weighted by molar-refractivity contribution is -0.120. The number of thiophene rings is 1. The lowest BCUT2D eigenvalue weighted by atomic mass is 9.93. The molecular formula is C15H15NOS. The Morgan fingerprint density at radius 2 is 2.22 bits per heavy atom. The van der Waals surface area contributed by atoms with Crippen LogP contribution in [0.2, 0.25) is 0 Å². The van der Waals surface area contributed by atoms with E-state index in [0.717, 1.165) is 24.2 Å². The number of fused-ring (bicyclic) bond motifs is 1. The van der Waals surface area contributed by atoms with Crippen molar-refractivity contribution in [3.05, 3.63) is 52.2 Å². The van der Waals surface area contributed by atoms with E-state index in [1.54, 1.807) is 11.3 Å². The van der Waals surface area contributed by atoms with Crippen LogP contribution in [0, 0.1) is 0 Å². The summed E-state index contributed by atoms with van der Waals surface area (Å²) in [5.74, 6) is 0.387. The fourth-order valence-corrected chi connectivity index (χ4v) is 3.15. The number of aryl methyl sites for hydroxylation is 1. The van der Waals surface area contributed by atoms with Crippen LogP contribution in [0.25, 0.3) is 0 Å². The van der Waals surface area contributed by atoms with E-state index >= 15 is 0 Å². The van der Waals surface area contributed by atoms with Crippen molar-refractivity contribution in [2.75, 3.05) is 11.9 Å². The summed E-state index contributed by atoms with van der Waals surface area (Å²) in [5, 5.41) is 7.49. The summed E-state index contributed by atoms with van der Waals surface area (Å²) >= 11 is 1.69. The van der Waals surface area contributed by atoms with Gasteiger partial charge in [-0.1, -0.05) is 18.2 Å². The Morgan fingerprint density at radius 3 is 3.06 bits per heavy atom. The van der Waals surface area contributed by atoms with Gasteiger partial charge in [-0.3, -0.25) is 4.79 Å². The number of nitrogens with one attached hydrogen (secondary N) is 1. The van der Waals surface area contributed by atoms with Crippen LogP contribution < -0.4 is 5.32 Å². The van der Waals surface area contributed by atoms with Crippen molar-refractivity contribution in [1.82, 2.24) is 0 Å². The number of Topliss-reactive ketones (excluding diaryl/α,β-unsaturated/α-hetero) is 1. The third-order valence-corrected chi connectivity index (χ3v) is 4.19. The molecule has 0 aliphatic carbocycles. The number of ketones is 1. The minimum atomic E-state index is 0.0415. The summed E-state index contributed by atoms with van der Waals surface area (Å²) in [4.78, 5) is 12.3. The first-order valence-electron chi connectivity index (χ1n) is 6.21. The van der Waals surface area contributed by atoms with Crippen molar-refractivity contribution >= 4 is 22.8 Å². The largest absolute Gasteiger partial charge is 0.384 e. The zero-order valence-electron chi connectivity index (χ0n) is 10.1. The van der Waals surface area contributed by atoms with E-state index in [9.17, 15) is 4.79 Å². The van der Waals surface area contributed by atoms with Crippen molar-refractivity contribution in [2.45, 2.75) is 18.8 Å². The van der Waals surface area contributed by atoms with Crippen LogP contribution in [0.3, 0.4) is 0 Å². The van der Waals surface area contributed by atoms with E-state index < -0.39 is 0 Å². The molecule has 3 heteroatoms. The molecule has 0 spiro atoms. The van der Waals surface area contributed by atoms with Gasteiger partial charge in [0.25, 0.3) is 0 Å². The van der Waals surface area contributed by atoms with Crippen molar-refractivity contribution < 1.29 is 4.79 Å². The molecule has 1 aromatic carbocycles. The molecule has 0 fully saturated rings. The molecule has 2 nitrogen and oxygen atoms in total. The van der Waals surface area contributed by atoms with Crippen LogP contribution in [-0.4, -0.2) is 12.3 Å². The number of hydrogen-bond donors (Lipinski definition) is 1. The first-order valence-corrected chi connectivity index (χ1v) is 7.15. The van der Waals surface area contributed by atoms with Crippen molar-refractivity contribution in [1.29, 1.82) is 0 Å². The number of hydrogen-bond acceptors (Lipinski definition) is 3. The standard InChI is InChI=1S/C15H15NOS/c17-15(6-5-11-7-8-18-10-11)13-9-16-14-4-2-1-3-12(13)14/h1-4,7-8,10,13,16H,5-6,9H2. The first kappa shape index (κ1) is 11.5. The topological polar surface area (TPSA) is 29.1 Å². The molecule has 92 valence electrons. The summed E-state index contributed by atoms with van der Waals surface area (Å²) in [5.41, 5.74) is 3.55. The lowest BCUT2D eigenvalue weighted by Crippen LogP contribution is -2.15. The van der Waals surface area contributed by atoms with Crippen LogP contribution in [0.1, 0.15) is 23.5 Å². The fourth-order valence-electron chi connectivity index (χ4n) is 2.45. The smallest absolute Gasteiger partial charge is 0.142 e. The summed E-state index contributed by atoms with van der Waals surface area (Å²) in [6, 6.07) is 10.2. The first-order chi connectivity index (χ1) is 8.84.